The number of carbonyl (C=O) groups is 1. The standard InChI is InChI=1S/C14H24N2O/c1-2-3-4-12-7-10-16(14(17)11-12)13-5-8-15-9-6-13/h11,13,15H,2-10H2,1H3. The minimum absolute atomic E-state index is 0.259. The first-order valence-corrected chi connectivity index (χ1v) is 7.02. The van der Waals surface area contributed by atoms with Gasteiger partial charge < -0.3 is 10.2 Å². The van der Waals surface area contributed by atoms with Gasteiger partial charge >= 0.3 is 0 Å². The lowest BCUT2D eigenvalue weighted by atomic mass is 9.98. The molecule has 2 aliphatic heterocycles. The van der Waals surface area contributed by atoms with Crippen molar-refractivity contribution >= 4 is 5.91 Å². The number of carbonyl (C=O) groups excluding carboxylic acids is 1. The Labute approximate surface area is 104 Å². The van der Waals surface area contributed by atoms with E-state index in [9.17, 15) is 4.79 Å². The minimum Gasteiger partial charge on any atom is -0.336 e. The van der Waals surface area contributed by atoms with Crippen molar-refractivity contribution in [1.29, 1.82) is 0 Å². The van der Waals surface area contributed by atoms with Gasteiger partial charge in [0, 0.05) is 18.7 Å². The molecule has 1 fully saturated rings. The maximum absolute atomic E-state index is 12.1. The minimum atomic E-state index is 0.259. The molecule has 1 amide bonds. The lowest BCUT2D eigenvalue weighted by Crippen LogP contribution is -2.47. The molecule has 0 saturated carbocycles. The molecule has 0 aliphatic carbocycles. The summed E-state index contributed by atoms with van der Waals surface area (Å²) in [6.45, 7) is 5.26. The average molecular weight is 236 g/mol. The molecule has 1 N–H and O–H groups in total. The molecule has 3 heteroatoms. The number of nitrogens with zero attached hydrogens (tertiary/aromatic N) is 1. The van der Waals surface area contributed by atoms with Crippen LogP contribution in [0.1, 0.15) is 45.4 Å². The highest BCUT2D eigenvalue weighted by Gasteiger charge is 2.26. The third kappa shape index (κ3) is 3.32. The predicted molar refractivity (Wildman–Crippen MR) is 69.8 cm³/mol. The highest BCUT2D eigenvalue weighted by atomic mass is 16.2. The highest BCUT2D eigenvalue weighted by molar-refractivity contribution is 5.89. The summed E-state index contributed by atoms with van der Waals surface area (Å²) in [5, 5.41) is 3.35. The number of rotatable bonds is 4. The molecule has 0 spiro atoms. The highest BCUT2D eigenvalue weighted by Crippen LogP contribution is 2.22. The van der Waals surface area contributed by atoms with Crippen LogP contribution in [0.2, 0.25) is 0 Å². The molecule has 0 aromatic carbocycles. The maximum Gasteiger partial charge on any atom is 0.246 e. The van der Waals surface area contributed by atoms with Gasteiger partial charge in [-0.3, -0.25) is 4.79 Å². The van der Waals surface area contributed by atoms with Crippen LogP contribution in [-0.2, 0) is 4.79 Å². The zero-order valence-electron chi connectivity index (χ0n) is 10.9. The second kappa shape index (κ2) is 6.20. The second-order valence-electron chi connectivity index (χ2n) is 5.17. The van der Waals surface area contributed by atoms with Crippen molar-refractivity contribution in [1.82, 2.24) is 10.2 Å². The SMILES string of the molecule is CCCCC1=CC(=O)N(C2CCNCC2)CC1. The normalized spacial score (nSPS) is 22.8. The Hall–Kier alpha value is -0.830. The van der Waals surface area contributed by atoms with E-state index in [0.717, 1.165) is 45.3 Å². The van der Waals surface area contributed by atoms with Crippen LogP contribution in [0.4, 0.5) is 0 Å². The summed E-state index contributed by atoms with van der Waals surface area (Å²) >= 11 is 0. The third-order valence-corrected chi connectivity index (χ3v) is 3.89. The fraction of sp³-hybridized carbons (Fsp3) is 0.786. The first-order chi connectivity index (χ1) is 8.31. The summed E-state index contributed by atoms with van der Waals surface area (Å²) < 4.78 is 0. The molecule has 0 aromatic heterocycles. The largest absolute Gasteiger partial charge is 0.336 e. The summed E-state index contributed by atoms with van der Waals surface area (Å²) in [7, 11) is 0. The van der Waals surface area contributed by atoms with Crippen LogP contribution in [0, 0.1) is 0 Å². The monoisotopic (exact) mass is 236 g/mol. The topological polar surface area (TPSA) is 32.3 Å². The van der Waals surface area contributed by atoms with E-state index in [4.69, 9.17) is 0 Å². The number of piperidine rings is 1. The average Bonchev–Trinajstić information content (AvgIpc) is 2.37. The van der Waals surface area contributed by atoms with Gasteiger partial charge in [-0.15, -0.1) is 0 Å². The number of nitrogens with one attached hydrogen (secondary N) is 1. The van der Waals surface area contributed by atoms with Gasteiger partial charge in [-0.1, -0.05) is 18.9 Å². The van der Waals surface area contributed by atoms with E-state index in [0.29, 0.717) is 6.04 Å². The van der Waals surface area contributed by atoms with Gasteiger partial charge in [0.1, 0.15) is 0 Å². The maximum atomic E-state index is 12.1. The van der Waals surface area contributed by atoms with Crippen LogP contribution < -0.4 is 5.32 Å². The van der Waals surface area contributed by atoms with Gasteiger partial charge in [-0.2, -0.15) is 0 Å². The van der Waals surface area contributed by atoms with E-state index in [2.05, 4.69) is 17.1 Å². The van der Waals surface area contributed by atoms with Crippen molar-refractivity contribution in [3.8, 4) is 0 Å². The van der Waals surface area contributed by atoms with Gasteiger partial charge in [-0.25, -0.2) is 0 Å². The fourth-order valence-electron chi connectivity index (χ4n) is 2.79. The lowest BCUT2D eigenvalue weighted by Gasteiger charge is -2.36. The van der Waals surface area contributed by atoms with E-state index in [1.54, 1.807) is 0 Å². The molecule has 2 rings (SSSR count). The van der Waals surface area contributed by atoms with Gasteiger partial charge in [0.25, 0.3) is 0 Å². The van der Waals surface area contributed by atoms with Crippen molar-refractivity contribution in [3.05, 3.63) is 11.6 Å². The van der Waals surface area contributed by atoms with Crippen molar-refractivity contribution in [2.24, 2.45) is 0 Å². The van der Waals surface area contributed by atoms with Crippen LogP contribution >= 0.6 is 0 Å². The lowest BCUT2D eigenvalue weighted by molar-refractivity contribution is -0.129. The molecule has 17 heavy (non-hydrogen) atoms. The van der Waals surface area contributed by atoms with E-state index >= 15 is 0 Å². The van der Waals surface area contributed by atoms with Crippen molar-refractivity contribution in [2.45, 2.75) is 51.5 Å². The second-order valence-corrected chi connectivity index (χ2v) is 5.17. The Bertz CT molecular complexity index is 293. The first-order valence-electron chi connectivity index (χ1n) is 7.02. The molecule has 0 bridgehead atoms. The quantitative estimate of drug-likeness (QED) is 0.810. The number of unbranched alkanes of at least 4 members (excludes halogenated alkanes) is 1. The molecule has 0 atom stereocenters. The number of hydrogen-bond donors (Lipinski definition) is 1. The first kappa shape index (κ1) is 12.6. The number of hydrogen-bond acceptors (Lipinski definition) is 2. The van der Waals surface area contributed by atoms with Crippen LogP contribution in [0.15, 0.2) is 11.6 Å². The Balaban J connectivity index is 1.90. The molecule has 2 aliphatic rings. The van der Waals surface area contributed by atoms with Crippen LogP contribution in [0.25, 0.3) is 0 Å². The summed E-state index contributed by atoms with van der Waals surface area (Å²) in [6.07, 6.45) is 8.77. The molecule has 0 unspecified atom stereocenters. The van der Waals surface area contributed by atoms with Gasteiger partial charge in [0.15, 0.2) is 0 Å². The molecule has 1 saturated heterocycles. The summed E-state index contributed by atoms with van der Waals surface area (Å²) in [4.78, 5) is 14.2. The Morgan fingerprint density at radius 2 is 2.18 bits per heavy atom. The molecular formula is C14H24N2O. The fourth-order valence-corrected chi connectivity index (χ4v) is 2.79. The Morgan fingerprint density at radius 1 is 1.41 bits per heavy atom. The number of amides is 1. The summed E-state index contributed by atoms with van der Waals surface area (Å²) in [6, 6.07) is 0.479. The molecule has 0 radical (unpaired) electrons. The van der Waals surface area contributed by atoms with Gasteiger partial charge in [-0.05, 0) is 45.2 Å². The Kier molecular flexibility index (Phi) is 4.60. The Morgan fingerprint density at radius 3 is 2.82 bits per heavy atom. The zero-order chi connectivity index (χ0) is 12.1. The van der Waals surface area contributed by atoms with Crippen LogP contribution in [0.3, 0.4) is 0 Å². The molecular weight excluding hydrogens is 212 g/mol. The van der Waals surface area contributed by atoms with Crippen LogP contribution in [-0.4, -0.2) is 36.5 Å². The van der Waals surface area contributed by atoms with Gasteiger partial charge in [0.2, 0.25) is 5.91 Å². The molecule has 2 heterocycles. The van der Waals surface area contributed by atoms with Crippen LogP contribution in [0.5, 0.6) is 0 Å². The van der Waals surface area contributed by atoms with Crippen molar-refractivity contribution in [2.75, 3.05) is 19.6 Å². The van der Waals surface area contributed by atoms with E-state index in [1.165, 1.54) is 18.4 Å². The molecule has 3 nitrogen and oxygen atoms in total. The molecule has 96 valence electrons. The van der Waals surface area contributed by atoms with E-state index in [-0.39, 0.29) is 5.91 Å². The zero-order valence-corrected chi connectivity index (χ0v) is 10.9. The predicted octanol–water partition coefficient (Wildman–Crippen LogP) is 2.09. The van der Waals surface area contributed by atoms with E-state index in [1.807, 2.05) is 6.08 Å². The third-order valence-electron chi connectivity index (χ3n) is 3.89. The van der Waals surface area contributed by atoms with Crippen molar-refractivity contribution in [3.63, 3.8) is 0 Å². The smallest absolute Gasteiger partial charge is 0.246 e. The van der Waals surface area contributed by atoms with Gasteiger partial charge in [0.05, 0.1) is 0 Å². The summed E-state index contributed by atoms with van der Waals surface area (Å²) in [5.41, 5.74) is 1.36. The molecule has 0 aromatic rings. The summed E-state index contributed by atoms with van der Waals surface area (Å²) in [5.74, 6) is 0.259. The van der Waals surface area contributed by atoms with Crippen molar-refractivity contribution < 1.29 is 4.79 Å². The van der Waals surface area contributed by atoms with E-state index < -0.39 is 0 Å².